The smallest absolute Gasteiger partial charge is 0.341 e. The van der Waals surface area contributed by atoms with Gasteiger partial charge < -0.3 is 14.7 Å². The maximum absolute atomic E-state index is 15.0. The minimum absolute atomic E-state index is 0.0104. The standard InChI is InChI=1S/C24H26F2N2O5S/c1-3-28(4-2)9-5-6-14-10-16(25)7-8-20(14)34(31,32)27-22-19(26)12-18-17-11-15(17)13-33-23(18)21(22)24(29)30/h5-8,10,12,15,17,27H,3-4,9,11,13H2,1-2H3,(H,29,30)/b6-5-. The molecule has 2 aromatic carbocycles. The normalized spacial score (nSPS) is 19.0. The molecule has 2 aromatic rings. The highest BCUT2D eigenvalue weighted by atomic mass is 32.2. The number of benzene rings is 2. The Kier molecular flexibility index (Phi) is 6.64. The summed E-state index contributed by atoms with van der Waals surface area (Å²) in [5, 5.41) is 9.77. The molecule has 1 aliphatic carbocycles. The van der Waals surface area contributed by atoms with E-state index in [0.29, 0.717) is 18.7 Å². The van der Waals surface area contributed by atoms with Crippen molar-refractivity contribution in [3.05, 3.63) is 58.7 Å². The lowest BCUT2D eigenvalue weighted by atomic mass is 10.00. The van der Waals surface area contributed by atoms with E-state index in [1.165, 1.54) is 6.08 Å². The number of aromatic carboxylic acids is 1. The van der Waals surface area contributed by atoms with Crippen LogP contribution in [0.25, 0.3) is 6.08 Å². The van der Waals surface area contributed by atoms with Gasteiger partial charge in [-0.15, -0.1) is 0 Å². The molecule has 0 radical (unpaired) electrons. The van der Waals surface area contributed by atoms with Crippen LogP contribution in [-0.4, -0.2) is 50.6 Å². The van der Waals surface area contributed by atoms with Crippen molar-refractivity contribution < 1.29 is 31.8 Å². The Hall–Kier alpha value is -2.98. The molecule has 34 heavy (non-hydrogen) atoms. The zero-order valence-electron chi connectivity index (χ0n) is 18.8. The summed E-state index contributed by atoms with van der Waals surface area (Å²) in [5.74, 6) is -2.92. The van der Waals surface area contributed by atoms with Gasteiger partial charge >= 0.3 is 5.97 Å². The summed E-state index contributed by atoms with van der Waals surface area (Å²) >= 11 is 0. The fourth-order valence-electron chi connectivity index (χ4n) is 4.28. The molecule has 1 saturated carbocycles. The third-order valence-electron chi connectivity index (χ3n) is 6.29. The van der Waals surface area contributed by atoms with Gasteiger partial charge in [0.05, 0.1) is 11.5 Å². The number of ether oxygens (including phenoxy) is 1. The molecule has 7 nitrogen and oxygen atoms in total. The number of nitrogens with zero attached hydrogens (tertiary/aromatic N) is 1. The first kappa shape index (κ1) is 24.2. The highest BCUT2D eigenvalue weighted by Gasteiger charge is 2.46. The van der Waals surface area contributed by atoms with Crippen LogP contribution in [0.2, 0.25) is 0 Å². The van der Waals surface area contributed by atoms with Crippen molar-refractivity contribution in [2.24, 2.45) is 5.92 Å². The van der Waals surface area contributed by atoms with Gasteiger partial charge in [0.15, 0.2) is 0 Å². The van der Waals surface area contributed by atoms with Gasteiger partial charge in [-0.25, -0.2) is 22.0 Å². The molecule has 182 valence electrons. The van der Waals surface area contributed by atoms with Crippen molar-refractivity contribution in [2.45, 2.75) is 31.1 Å². The Morgan fingerprint density at radius 3 is 2.68 bits per heavy atom. The van der Waals surface area contributed by atoms with E-state index in [1.54, 1.807) is 6.08 Å². The number of carboxylic acid groups (broad SMARTS) is 1. The van der Waals surface area contributed by atoms with E-state index in [2.05, 4.69) is 9.62 Å². The van der Waals surface area contributed by atoms with E-state index in [0.717, 1.165) is 43.8 Å². The van der Waals surface area contributed by atoms with Crippen molar-refractivity contribution in [1.82, 2.24) is 4.90 Å². The maximum Gasteiger partial charge on any atom is 0.341 e. The number of hydrogen-bond donors (Lipinski definition) is 2. The van der Waals surface area contributed by atoms with Crippen molar-refractivity contribution in [1.29, 1.82) is 0 Å². The maximum atomic E-state index is 15.0. The molecule has 2 atom stereocenters. The van der Waals surface area contributed by atoms with Crippen LogP contribution in [0.3, 0.4) is 0 Å². The summed E-state index contributed by atoms with van der Waals surface area (Å²) in [6.07, 6.45) is 3.96. The Morgan fingerprint density at radius 2 is 2.00 bits per heavy atom. The van der Waals surface area contributed by atoms with Crippen LogP contribution < -0.4 is 9.46 Å². The minimum atomic E-state index is -4.47. The van der Waals surface area contributed by atoms with Crippen LogP contribution in [0, 0.1) is 17.6 Å². The lowest BCUT2D eigenvalue weighted by Crippen LogP contribution is -2.22. The van der Waals surface area contributed by atoms with Gasteiger partial charge in [0.2, 0.25) is 0 Å². The fraction of sp³-hybridized carbons (Fsp3) is 0.375. The monoisotopic (exact) mass is 492 g/mol. The Balaban J connectivity index is 1.72. The van der Waals surface area contributed by atoms with E-state index in [9.17, 15) is 22.7 Å². The minimum Gasteiger partial charge on any atom is -0.492 e. The molecule has 2 aliphatic rings. The third kappa shape index (κ3) is 4.65. The number of hydrogen-bond acceptors (Lipinski definition) is 5. The van der Waals surface area contributed by atoms with E-state index in [1.807, 2.05) is 13.8 Å². The van der Waals surface area contributed by atoms with Gasteiger partial charge in [0, 0.05) is 18.0 Å². The van der Waals surface area contributed by atoms with Crippen LogP contribution >= 0.6 is 0 Å². The van der Waals surface area contributed by atoms with Crippen molar-refractivity contribution in [3.8, 4) is 5.75 Å². The summed E-state index contributed by atoms with van der Waals surface area (Å²) in [5.41, 5.74) is -0.764. The molecule has 2 N–H and O–H groups in total. The van der Waals surface area contributed by atoms with Gasteiger partial charge in [0.25, 0.3) is 10.0 Å². The molecular weight excluding hydrogens is 466 g/mol. The highest BCUT2D eigenvalue weighted by molar-refractivity contribution is 7.92. The first-order valence-electron chi connectivity index (χ1n) is 11.1. The second kappa shape index (κ2) is 9.34. The van der Waals surface area contributed by atoms with E-state index in [-0.39, 0.29) is 28.0 Å². The van der Waals surface area contributed by atoms with Crippen LogP contribution in [0.5, 0.6) is 5.75 Å². The number of rotatable bonds is 9. The second-order valence-corrected chi connectivity index (χ2v) is 10.1. The van der Waals surface area contributed by atoms with Gasteiger partial charge in [-0.2, -0.15) is 0 Å². The number of nitrogens with one attached hydrogen (secondary N) is 1. The molecule has 1 aliphatic heterocycles. The van der Waals surface area contributed by atoms with Crippen molar-refractivity contribution in [3.63, 3.8) is 0 Å². The number of carboxylic acids is 1. The number of likely N-dealkylation sites (N-methyl/N-ethyl adjacent to an activating group) is 1. The fourth-order valence-corrected chi connectivity index (χ4v) is 5.55. The van der Waals surface area contributed by atoms with Crippen LogP contribution in [0.1, 0.15) is 47.7 Å². The highest BCUT2D eigenvalue weighted by Crippen LogP contribution is 2.55. The molecule has 4 rings (SSSR count). The number of anilines is 1. The second-order valence-electron chi connectivity index (χ2n) is 8.42. The van der Waals surface area contributed by atoms with E-state index < -0.39 is 38.9 Å². The molecule has 1 fully saturated rings. The van der Waals surface area contributed by atoms with Crippen molar-refractivity contribution in [2.75, 3.05) is 31.0 Å². The first-order valence-corrected chi connectivity index (χ1v) is 12.6. The predicted molar refractivity (Wildman–Crippen MR) is 124 cm³/mol. The average Bonchev–Trinajstić information content (AvgIpc) is 3.57. The first-order chi connectivity index (χ1) is 16.2. The predicted octanol–water partition coefficient (Wildman–Crippen LogP) is 4.31. The number of halogens is 2. The average molecular weight is 493 g/mol. The van der Waals surface area contributed by atoms with Gasteiger partial charge in [-0.05, 0) is 55.3 Å². The largest absolute Gasteiger partial charge is 0.492 e. The summed E-state index contributed by atoms with van der Waals surface area (Å²) in [6.45, 7) is 6.37. The Morgan fingerprint density at radius 1 is 1.26 bits per heavy atom. The van der Waals surface area contributed by atoms with Gasteiger partial charge in [0.1, 0.15) is 28.6 Å². The third-order valence-corrected chi connectivity index (χ3v) is 7.71. The Labute approximate surface area is 197 Å². The lowest BCUT2D eigenvalue weighted by molar-refractivity contribution is 0.0691. The van der Waals surface area contributed by atoms with E-state index >= 15 is 4.39 Å². The molecule has 0 bridgehead atoms. The van der Waals surface area contributed by atoms with Gasteiger partial charge in [-0.3, -0.25) is 4.72 Å². The summed E-state index contributed by atoms with van der Waals surface area (Å²) in [7, 11) is -4.47. The molecule has 0 saturated heterocycles. The number of fused-ring (bicyclic) bond motifs is 3. The summed E-state index contributed by atoms with van der Waals surface area (Å²) in [6, 6.07) is 4.24. The van der Waals surface area contributed by atoms with E-state index in [4.69, 9.17) is 4.74 Å². The summed E-state index contributed by atoms with van der Waals surface area (Å²) < 4.78 is 63.1. The van der Waals surface area contributed by atoms with Crippen LogP contribution in [0.15, 0.2) is 35.2 Å². The van der Waals surface area contributed by atoms with Gasteiger partial charge in [-0.1, -0.05) is 26.0 Å². The lowest BCUT2D eigenvalue weighted by Gasteiger charge is -2.22. The van der Waals surface area contributed by atoms with Crippen LogP contribution in [0.4, 0.5) is 14.5 Å². The molecule has 10 heteroatoms. The molecule has 2 unspecified atom stereocenters. The number of carbonyl (C=O) groups is 1. The molecular formula is C24H26F2N2O5S. The van der Waals surface area contributed by atoms with Crippen LogP contribution in [-0.2, 0) is 10.0 Å². The van der Waals surface area contributed by atoms with Crippen molar-refractivity contribution >= 4 is 27.8 Å². The molecule has 0 amide bonds. The topological polar surface area (TPSA) is 95.9 Å². The Bertz CT molecular complexity index is 1260. The zero-order valence-corrected chi connectivity index (χ0v) is 19.7. The quantitative estimate of drug-likeness (QED) is 0.542. The molecule has 0 aromatic heterocycles. The zero-order chi connectivity index (χ0) is 24.6. The SMILES string of the molecule is CCN(CC)C/C=C\c1cc(F)ccc1S(=O)(=O)Nc1c(F)cc2c(c1C(=O)O)OCC1CC21. The molecule has 1 heterocycles. The number of sulfonamides is 1. The molecule has 0 spiro atoms. The summed E-state index contributed by atoms with van der Waals surface area (Å²) in [4.78, 5) is 13.8.